The number of benzene rings is 1. The molecule has 1 aliphatic carbocycles. The van der Waals surface area contributed by atoms with Gasteiger partial charge in [-0.2, -0.15) is 0 Å². The number of amides is 1. The Morgan fingerprint density at radius 1 is 1.37 bits per heavy atom. The van der Waals surface area contributed by atoms with E-state index in [2.05, 4.69) is 0 Å². The molecule has 1 saturated heterocycles. The van der Waals surface area contributed by atoms with Crippen LogP contribution in [0.1, 0.15) is 18.4 Å². The summed E-state index contributed by atoms with van der Waals surface area (Å²) in [4.78, 5) is 13.8. The van der Waals surface area contributed by atoms with Crippen LogP contribution in [0, 0.1) is 5.92 Å². The lowest BCUT2D eigenvalue weighted by Crippen LogP contribution is -2.67. The number of hydrogen-bond donors (Lipinski definition) is 2. The standard InChI is InChI=1S/C15H20N2O2/c16-13(8-11-4-2-1-3-5-11)14(18)17-9-15(19,10-17)12-6-7-12/h1-5,12-13,19H,6-10,16H2/t13-/m1/s1. The maximum absolute atomic E-state index is 12.2. The van der Waals surface area contributed by atoms with Crippen LogP contribution in [0.2, 0.25) is 0 Å². The third-order valence-electron chi connectivity index (χ3n) is 4.19. The van der Waals surface area contributed by atoms with Crippen molar-refractivity contribution in [3.05, 3.63) is 35.9 Å². The molecule has 19 heavy (non-hydrogen) atoms. The Hall–Kier alpha value is -1.39. The van der Waals surface area contributed by atoms with Gasteiger partial charge in [0.1, 0.15) is 5.60 Å². The van der Waals surface area contributed by atoms with Gasteiger partial charge in [-0.15, -0.1) is 0 Å². The van der Waals surface area contributed by atoms with Crippen molar-refractivity contribution in [1.29, 1.82) is 0 Å². The summed E-state index contributed by atoms with van der Waals surface area (Å²) in [5, 5.41) is 10.2. The van der Waals surface area contributed by atoms with Crippen LogP contribution >= 0.6 is 0 Å². The summed E-state index contributed by atoms with van der Waals surface area (Å²) in [5.41, 5.74) is 6.41. The minimum atomic E-state index is -0.623. The van der Waals surface area contributed by atoms with Gasteiger partial charge in [0, 0.05) is 0 Å². The molecule has 1 heterocycles. The first-order valence-corrected chi connectivity index (χ1v) is 6.89. The second kappa shape index (κ2) is 4.62. The van der Waals surface area contributed by atoms with Gasteiger partial charge in [-0.25, -0.2) is 0 Å². The van der Waals surface area contributed by atoms with E-state index in [1.807, 2.05) is 30.3 Å². The Morgan fingerprint density at radius 3 is 2.58 bits per heavy atom. The molecule has 0 spiro atoms. The van der Waals surface area contributed by atoms with E-state index >= 15 is 0 Å². The number of nitrogens with zero attached hydrogens (tertiary/aromatic N) is 1. The summed E-state index contributed by atoms with van der Waals surface area (Å²) in [7, 11) is 0. The summed E-state index contributed by atoms with van der Waals surface area (Å²) < 4.78 is 0. The quantitative estimate of drug-likeness (QED) is 0.830. The zero-order valence-electron chi connectivity index (χ0n) is 11.0. The first-order chi connectivity index (χ1) is 9.08. The SMILES string of the molecule is N[C@H](Cc1ccccc1)C(=O)N1CC(O)(C2CC2)C1. The van der Waals surface area contributed by atoms with Gasteiger partial charge in [-0.3, -0.25) is 4.79 Å². The lowest BCUT2D eigenvalue weighted by Gasteiger charge is -2.47. The molecular weight excluding hydrogens is 240 g/mol. The molecule has 2 fully saturated rings. The number of rotatable bonds is 4. The lowest BCUT2D eigenvalue weighted by molar-refractivity contribution is -0.160. The summed E-state index contributed by atoms with van der Waals surface area (Å²) in [5.74, 6) is 0.357. The molecular formula is C15H20N2O2. The van der Waals surface area contributed by atoms with Crippen molar-refractivity contribution in [2.45, 2.75) is 30.9 Å². The van der Waals surface area contributed by atoms with Crippen molar-refractivity contribution in [1.82, 2.24) is 4.90 Å². The van der Waals surface area contributed by atoms with Crippen molar-refractivity contribution < 1.29 is 9.90 Å². The zero-order chi connectivity index (χ0) is 13.5. The van der Waals surface area contributed by atoms with Crippen LogP contribution in [0.4, 0.5) is 0 Å². The molecule has 1 aromatic rings. The summed E-state index contributed by atoms with van der Waals surface area (Å²) >= 11 is 0. The Balaban J connectivity index is 1.53. The highest BCUT2D eigenvalue weighted by Gasteiger charge is 2.53. The maximum atomic E-state index is 12.2. The Labute approximate surface area is 113 Å². The number of β-amino-alcohol motifs (C(OH)–C–C–N with tert-alkyl or cyclic N) is 1. The van der Waals surface area contributed by atoms with Gasteiger partial charge in [-0.05, 0) is 30.7 Å². The van der Waals surface area contributed by atoms with Gasteiger partial charge in [0.25, 0.3) is 0 Å². The molecule has 102 valence electrons. The molecule has 0 aromatic heterocycles. The average Bonchev–Trinajstić information content (AvgIpc) is 3.20. The highest BCUT2D eigenvalue weighted by molar-refractivity contribution is 5.83. The monoisotopic (exact) mass is 260 g/mol. The molecule has 3 rings (SSSR count). The van der Waals surface area contributed by atoms with Crippen molar-refractivity contribution >= 4 is 5.91 Å². The molecule has 4 heteroatoms. The molecule has 1 amide bonds. The van der Waals surface area contributed by atoms with E-state index in [1.165, 1.54) is 0 Å². The predicted octanol–water partition coefficient (Wildman–Crippen LogP) is 0.540. The van der Waals surface area contributed by atoms with Crippen LogP contribution in [-0.4, -0.2) is 40.6 Å². The molecule has 3 N–H and O–H groups in total. The summed E-state index contributed by atoms with van der Waals surface area (Å²) in [6.07, 6.45) is 2.74. The van der Waals surface area contributed by atoms with E-state index in [-0.39, 0.29) is 5.91 Å². The molecule has 2 aliphatic rings. The zero-order valence-corrected chi connectivity index (χ0v) is 11.0. The van der Waals surface area contributed by atoms with E-state index in [0.717, 1.165) is 18.4 Å². The van der Waals surface area contributed by atoms with Crippen molar-refractivity contribution in [2.24, 2.45) is 11.7 Å². The van der Waals surface area contributed by atoms with Gasteiger partial charge in [-0.1, -0.05) is 30.3 Å². The van der Waals surface area contributed by atoms with Crippen LogP contribution in [0.25, 0.3) is 0 Å². The predicted molar refractivity (Wildman–Crippen MR) is 72.4 cm³/mol. The van der Waals surface area contributed by atoms with E-state index < -0.39 is 11.6 Å². The Morgan fingerprint density at radius 2 is 2.00 bits per heavy atom. The number of carbonyl (C=O) groups is 1. The number of nitrogens with two attached hydrogens (primary N) is 1. The lowest BCUT2D eigenvalue weighted by atomic mass is 9.88. The van der Waals surface area contributed by atoms with Crippen LogP contribution in [-0.2, 0) is 11.2 Å². The van der Waals surface area contributed by atoms with Crippen LogP contribution in [0.5, 0.6) is 0 Å². The molecule has 0 unspecified atom stereocenters. The molecule has 4 nitrogen and oxygen atoms in total. The third-order valence-corrected chi connectivity index (χ3v) is 4.19. The maximum Gasteiger partial charge on any atom is 0.240 e. The van der Waals surface area contributed by atoms with E-state index in [4.69, 9.17) is 5.73 Å². The summed E-state index contributed by atoms with van der Waals surface area (Å²) in [6, 6.07) is 9.28. The normalized spacial score (nSPS) is 22.7. The van der Waals surface area contributed by atoms with Crippen molar-refractivity contribution in [2.75, 3.05) is 13.1 Å². The molecule has 0 bridgehead atoms. The highest BCUT2D eigenvalue weighted by Crippen LogP contribution is 2.44. The van der Waals surface area contributed by atoms with Gasteiger partial charge in [0.05, 0.1) is 19.1 Å². The van der Waals surface area contributed by atoms with E-state index in [9.17, 15) is 9.90 Å². The minimum Gasteiger partial charge on any atom is -0.386 e. The fourth-order valence-corrected chi connectivity index (χ4v) is 2.84. The molecule has 0 radical (unpaired) electrons. The molecule has 1 aromatic carbocycles. The largest absolute Gasteiger partial charge is 0.386 e. The van der Waals surface area contributed by atoms with Gasteiger partial charge in [0.15, 0.2) is 0 Å². The number of hydrogen-bond acceptors (Lipinski definition) is 3. The second-order valence-corrected chi connectivity index (χ2v) is 5.87. The average molecular weight is 260 g/mol. The van der Waals surface area contributed by atoms with Crippen molar-refractivity contribution in [3.63, 3.8) is 0 Å². The molecule has 1 aliphatic heterocycles. The molecule has 1 atom stereocenters. The summed E-state index contributed by atoms with van der Waals surface area (Å²) in [6.45, 7) is 0.915. The fourth-order valence-electron chi connectivity index (χ4n) is 2.84. The molecule has 1 saturated carbocycles. The number of likely N-dealkylation sites (tertiary alicyclic amines) is 1. The van der Waals surface area contributed by atoms with E-state index in [1.54, 1.807) is 4.90 Å². The smallest absolute Gasteiger partial charge is 0.240 e. The van der Waals surface area contributed by atoms with Crippen LogP contribution in [0.3, 0.4) is 0 Å². The first kappa shape index (κ1) is 12.6. The Bertz CT molecular complexity index is 464. The minimum absolute atomic E-state index is 0.0471. The first-order valence-electron chi connectivity index (χ1n) is 6.89. The second-order valence-electron chi connectivity index (χ2n) is 5.87. The van der Waals surface area contributed by atoms with Crippen molar-refractivity contribution in [3.8, 4) is 0 Å². The van der Waals surface area contributed by atoms with Crippen LogP contribution < -0.4 is 5.73 Å². The Kier molecular flexibility index (Phi) is 3.07. The topological polar surface area (TPSA) is 66.6 Å². The van der Waals surface area contributed by atoms with Crippen LogP contribution in [0.15, 0.2) is 30.3 Å². The fraction of sp³-hybridized carbons (Fsp3) is 0.533. The van der Waals surface area contributed by atoms with Gasteiger partial charge < -0.3 is 15.7 Å². The van der Waals surface area contributed by atoms with Gasteiger partial charge >= 0.3 is 0 Å². The number of carbonyl (C=O) groups excluding carboxylic acids is 1. The van der Waals surface area contributed by atoms with Gasteiger partial charge in [0.2, 0.25) is 5.91 Å². The number of aliphatic hydroxyl groups is 1. The third kappa shape index (κ3) is 2.51. The van der Waals surface area contributed by atoms with E-state index in [0.29, 0.717) is 25.4 Å². The highest BCUT2D eigenvalue weighted by atomic mass is 16.3.